The van der Waals surface area contributed by atoms with Crippen LogP contribution in [0.3, 0.4) is 0 Å². The number of aryl methyl sites for hydroxylation is 1. The maximum atomic E-state index is 13.5. The van der Waals surface area contributed by atoms with Crippen molar-refractivity contribution >= 4 is 33.0 Å². The average molecular weight is 464 g/mol. The summed E-state index contributed by atoms with van der Waals surface area (Å²) in [4.78, 5) is 25.5. The number of carbonyl (C=O) groups excluding carboxylic acids is 1. The highest BCUT2D eigenvalue weighted by atomic mass is 32.2. The molecule has 0 saturated carbocycles. The molecule has 8 nitrogen and oxygen atoms in total. The second kappa shape index (κ2) is 8.00. The lowest BCUT2D eigenvalue weighted by atomic mass is 10.0. The number of fused-ring (bicyclic) bond motifs is 2. The molecule has 0 aliphatic carbocycles. The van der Waals surface area contributed by atoms with Gasteiger partial charge in [0, 0.05) is 30.8 Å². The molecule has 33 heavy (non-hydrogen) atoms. The van der Waals surface area contributed by atoms with Crippen LogP contribution in [-0.4, -0.2) is 32.3 Å². The lowest BCUT2D eigenvalue weighted by Gasteiger charge is -2.30. The molecule has 0 aromatic heterocycles. The minimum Gasteiger partial charge on any atom is -0.307 e. The Kier molecular flexibility index (Phi) is 5.13. The quantitative estimate of drug-likeness (QED) is 0.431. The lowest BCUT2D eigenvalue weighted by molar-refractivity contribution is -0.384. The van der Waals surface area contributed by atoms with Gasteiger partial charge in [-0.1, -0.05) is 30.3 Å². The van der Waals surface area contributed by atoms with Gasteiger partial charge in [-0.2, -0.15) is 0 Å². The summed E-state index contributed by atoms with van der Waals surface area (Å²) >= 11 is 0. The Morgan fingerprint density at radius 2 is 1.67 bits per heavy atom. The van der Waals surface area contributed by atoms with Crippen molar-refractivity contribution in [1.29, 1.82) is 0 Å². The van der Waals surface area contributed by atoms with Crippen molar-refractivity contribution in [3.05, 3.63) is 93.5 Å². The highest BCUT2D eigenvalue weighted by molar-refractivity contribution is 7.92. The van der Waals surface area contributed by atoms with Gasteiger partial charge in [0.25, 0.3) is 21.6 Å². The number of benzene rings is 3. The molecular weight excluding hydrogens is 442 g/mol. The third-order valence-electron chi connectivity index (χ3n) is 6.16. The molecule has 1 amide bonds. The number of anilines is 2. The van der Waals surface area contributed by atoms with Gasteiger partial charge in [0.05, 0.1) is 21.2 Å². The third kappa shape index (κ3) is 3.64. The first-order valence-electron chi connectivity index (χ1n) is 10.7. The standard InChI is InChI=1S/C24H21N3O5S/c28-24(25-14-12-18-10-11-20(27(29)30)16-23(18)25)19-6-3-8-21(15-19)33(31,32)26-13-4-7-17-5-1-2-9-22(17)26/h1-3,5-6,8-11,15-16H,4,7,12-14H2. The lowest BCUT2D eigenvalue weighted by Crippen LogP contribution is -2.35. The van der Waals surface area contributed by atoms with E-state index in [1.807, 2.05) is 18.2 Å². The normalized spacial score (nSPS) is 15.2. The van der Waals surface area contributed by atoms with Crippen molar-refractivity contribution in [2.45, 2.75) is 24.2 Å². The van der Waals surface area contributed by atoms with Gasteiger partial charge >= 0.3 is 0 Å². The summed E-state index contributed by atoms with van der Waals surface area (Å²) in [5.41, 5.74) is 3.13. The maximum absolute atomic E-state index is 13.5. The highest BCUT2D eigenvalue weighted by Gasteiger charge is 2.31. The monoisotopic (exact) mass is 463 g/mol. The Bertz CT molecular complexity index is 1390. The van der Waals surface area contributed by atoms with Crippen LogP contribution in [0.5, 0.6) is 0 Å². The van der Waals surface area contributed by atoms with E-state index in [0.717, 1.165) is 24.0 Å². The Balaban J connectivity index is 1.48. The average Bonchev–Trinajstić information content (AvgIpc) is 3.26. The molecule has 3 aromatic carbocycles. The van der Waals surface area contributed by atoms with Gasteiger partial charge in [-0.25, -0.2) is 8.42 Å². The third-order valence-corrected chi connectivity index (χ3v) is 7.97. The molecule has 0 unspecified atom stereocenters. The summed E-state index contributed by atoms with van der Waals surface area (Å²) in [7, 11) is -3.86. The molecule has 0 radical (unpaired) electrons. The van der Waals surface area contributed by atoms with Crippen LogP contribution in [0.15, 0.2) is 71.6 Å². The van der Waals surface area contributed by atoms with Crippen LogP contribution in [0.4, 0.5) is 17.1 Å². The van der Waals surface area contributed by atoms with Crippen molar-refractivity contribution in [3.8, 4) is 0 Å². The van der Waals surface area contributed by atoms with E-state index in [1.54, 1.807) is 24.3 Å². The van der Waals surface area contributed by atoms with Crippen molar-refractivity contribution in [1.82, 2.24) is 0 Å². The van der Waals surface area contributed by atoms with Crippen LogP contribution in [0.25, 0.3) is 0 Å². The van der Waals surface area contributed by atoms with E-state index in [1.165, 1.54) is 33.5 Å². The second-order valence-electron chi connectivity index (χ2n) is 8.11. The fourth-order valence-electron chi connectivity index (χ4n) is 4.51. The number of nitro groups is 1. The molecule has 9 heteroatoms. The second-order valence-corrected chi connectivity index (χ2v) is 9.98. The van der Waals surface area contributed by atoms with Crippen molar-refractivity contribution in [2.24, 2.45) is 0 Å². The Labute approximate surface area is 191 Å². The number of sulfonamides is 1. The Morgan fingerprint density at radius 1 is 0.879 bits per heavy atom. The predicted octanol–water partition coefficient (Wildman–Crippen LogP) is 3.94. The number of hydrogen-bond acceptors (Lipinski definition) is 5. The van der Waals surface area contributed by atoms with E-state index in [0.29, 0.717) is 30.9 Å². The zero-order chi connectivity index (χ0) is 23.2. The molecule has 0 N–H and O–H groups in total. The minimum atomic E-state index is -3.86. The van der Waals surface area contributed by atoms with Gasteiger partial charge in [-0.05, 0) is 54.7 Å². The number of carbonyl (C=O) groups is 1. The summed E-state index contributed by atoms with van der Waals surface area (Å²) in [6.45, 7) is 0.756. The first kappa shape index (κ1) is 21.1. The van der Waals surface area contributed by atoms with E-state index in [4.69, 9.17) is 0 Å². The molecule has 2 aliphatic heterocycles. The first-order chi connectivity index (χ1) is 15.9. The molecule has 3 aromatic rings. The van der Waals surface area contributed by atoms with Gasteiger partial charge in [-0.3, -0.25) is 19.2 Å². The van der Waals surface area contributed by atoms with Gasteiger partial charge in [-0.15, -0.1) is 0 Å². The maximum Gasteiger partial charge on any atom is 0.271 e. The predicted molar refractivity (Wildman–Crippen MR) is 124 cm³/mol. The largest absolute Gasteiger partial charge is 0.307 e. The van der Waals surface area contributed by atoms with Gasteiger partial charge in [0.2, 0.25) is 0 Å². The molecule has 2 heterocycles. The molecule has 0 atom stereocenters. The number of nitrogens with zero attached hydrogens (tertiary/aromatic N) is 3. The molecule has 168 valence electrons. The summed E-state index contributed by atoms with van der Waals surface area (Å²) in [5, 5.41) is 11.2. The number of para-hydroxylation sites is 1. The van der Waals surface area contributed by atoms with Crippen molar-refractivity contribution in [3.63, 3.8) is 0 Å². The fourth-order valence-corrected chi connectivity index (χ4v) is 6.10. The van der Waals surface area contributed by atoms with E-state index in [-0.39, 0.29) is 22.1 Å². The molecule has 0 saturated heterocycles. The number of rotatable bonds is 4. The fraction of sp³-hybridized carbons (Fsp3) is 0.208. The van der Waals surface area contributed by atoms with E-state index in [2.05, 4.69) is 0 Å². The number of nitro benzene ring substituents is 1. The van der Waals surface area contributed by atoms with Crippen LogP contribution in [0.2, 0.25) is 0 Å². The zero-order valence-corrected chi connectivity index (χ0v) is 18.5. The zero-order valence-electron chi connectivity index (χ0n) is 17.7. The number of non-ortho nitro benzene ring substituents is 1. The van der Waals surface area contributed by atoms with E-state index in [9.17, 15) is 23.3 Å². The number of amides is 1. The van der Waals surface area contributed by atoms with Crippen LogP contribution in [0.1, 0.15) is 27.9 Å². The van der Waals surface area contributed by atoms with Gasteiger partial charge < -0.3 is 4.90 Å². The van der Waals surface area contributed by atoms with E-state index >= 15 is 0 Å². The molecular formula is C24H21N3O5S. The summed E-state index contributed by atoms with van der Waals surface area (Å²) in [6, 6.07) is 17.9. The highest BCUT2D eigenvalue weighted by Crippen LogP contribution is 2.34. The minimum absolute atomic E-state index is 0.0449. The van der Waals surface area contributed by atoms with Crippen LogP contribution in [0, 0.1) is 10.1 Å². The molecule has 0 spiro atoms. The topological polar surface area (TPSA) is 101 Å². The van der Waals surface area contributed by atoms with E-state index < -0.39 is 14.9 Å². The smallest absolute Gasteiger partial charge is 0.271 e. The Hall–Kier alpha value is -3.72. The molecule has 0 fully saturated rings. The van der Waals surface area contributed by atoms with Crippen LogP contribution >= 0.6 is 0 Å². The summed E-state index contributed by atoms with van der Waals surface area (Å²) in [6.07, 6.45) is 2.13. The number of hydrogen-bond donors (Lipinski definition) is 0. The molecule has 5 rings (SSSR count). The Morgan fingerprint density at radius 3 is 2.48 bits per heavy atom. The van der Waals surface area contributed by atoms with Crippen molar-refractivity contribution < 1.29 is 18.1 Å². The first-order valence-corrected chi connectivity index (χ1v) is 12.1. The molecule has 2 aliphatic rings. The van der Waals surface area contributed by atoms with Crippen LogP contribution in [-0.2, 0) is 22.9 Å². The van der Waals surface area contributed by atoms with Gasteiger partial charge in [0.1, 0.15) is 0 Å². The molecule has 0 bridgehead atoms. The summed E-state index contributed by atoms with van der Waals surface area (Å²) < 4.78 is 28.4. The SMILES string of the molecule is O=C(c1cccc(S(=O)(=O)N2CCCc3ccccc32)c1)N1CCc2ccc([N+](=O)[O-])cc21. The van der Waals surface area contributed by atoms with Crippen LogP contribution < -0.4 is 9.21 Å². The summed E-state index contributed by atoms with van der Waals surface area (Å²) in [5.74, 6) is -0.384. The van der Waals surface area contributed by atoms with Crippen molar-refractivity contribution in [2.75, 3.05) is 22.3 Å². The van der Waals surface area contributed by atoms with Gasteiger partial charge in [0.15, 0.2) is 0 Å².